The van der Waals surface area contributed by atoms with E-state index in [1.54, 1.807) is 0 Å². The first-order valence-corrected chi connectivity index (χ1v) is 10.0. The lowest BCUT2D eigenvalue weighted by Gasteiger charge is -2.27. The summed E-state index contributed by atoms with van der Waals surface area (Å²) in [6, 6.07) is 13.2. The Labute approximate surface area is 177 Å². The number of benzene rings is 2. The summed E-state index contributed by atoms with van der Waals surface area (Å²) in [5.41, 5.74) is 1.62. The van der Waals surface area contributed by atoms with Crippen molar-refractivity contribution in [3.63, 3.8) is 0 Å². The number of hydrogen-bond donors (Lipinski definition) is 1. The standard InChI is InChI=1S/C24H29NO5/c1-15(2)16-6-8-17(9-7-16)20(14-21(26)24(3,4)5)22(23(27)28)18-10-12-19(13-11-18)25(29)30/h6-13,15,20,22H,14H2,1-5H3,(H,27,28)/t20-,22+/m1/s1. The van der Waals surface area contributed by atoms with E-state index in [0.717, 1.165) is 11.1 Å². The highest BCUT2D eigenvalue weighted by Gasteiger charge is 2.35. The maximum absolute atomic E-state index is 12.8. The fourth-order valence-corrected chi connectivity index (χ4v) is 3.41. The molecule has 0 aliphatic carbocycles. The Morgan fingerprint density at radius 1 is 0.933 bits per heavy atom. The summed E-state index contributed by atoms with van der Waals surface area (Å²) in [7, 11) is 0. The third-order valence-corrected chi connectivity index (χ3v) is 5.40. The van der Waals surface area contributed by atoms with Crippen LogP contribution in [0, 0.1) is 15.5 Å². The summed E-state index contributed by atoms with van der Waals surface area (Å²) >= 11 is 0. The Hall–Kier alpha value is -3.02. The Morgan fingerprint density at radius 2 is 1.40 bits per heavy atom. The molecule has 6 nitrogen and oxygen atoms in total. The maximum atomic E-state index is 12.8. The first kappa shape index (κ1) is 23.3. The van der Waals surface area contributed by atoms with Crippen LogP contribution in [0.4, 0.5) is 5.69 Å². The molecule has 0 aliphatic rings. The number of carbonyl (C=O) groups excluding carboxylic acids is 1. The summed E-state index contributed by atoms with van der Waals surface area (Å²) < 4.78 is 0. The molecule has 2 aromatic carbocycles. The van der Waals surface area contributed by atoms with Crippen LogP contribution in [0.25, 0.3) is 0 Å². The number of carboxylic acid groups (broad SMARTS) is 1. The minimum atomic E-state index is -1.07. The minimum absolute atomic E-state index is 0.0337. The number of nitrogens with zero attached hydrogens (tertiary/aromatic N) is 1. The molecule has 0 radical (unpaired) electrons. The number of ketones is 1. The number of hydrogen-bond acceptors (Lipinski definition) is 4. The molecule has 2 aromatic rings. The summed E-state index contributed by atoms with van der Waals surface area (Å²) in [4.78, 5) is 35.6. The SMILES string of the molecule is CC(C)c1ccc([C@@H](CC(=O)C(C)(C)C)[C@@H](C(=O)O)c2ccc([N+](=O)[O-])cc2)cc1. The predicted molar refractivity (Wildman–Crippen MR) is 116 cm³/mol. The Balaban J connectivity index is 2.54. The number of Topliss-reactive ketones (excluding diaryl/α,β-unsaturated/α-hetero) is 1. The zero-order valence-electron chi connectivity index (χ0n) is 18.1. The minimum Gasteiger partial charge on any atom is -0.481 e. The molecule has 0 heterocycles. The van der Waals surface area contributed by atoms with Crippen molar-refractivity contribution in [2.45, 2.75) is 58.8 Å². The van der Waals surface area contributed by atoms with E-state index in [0.29, 0.717) is 11.5 Å². The molecule has 6 heteroatoms. The molecular formula is C24H29NO5. The molecule has 2 rings (SSSR count). The Kier molecular flexibility index (Phi) is 7.13. The quantitative estimate of drug-likeness (QED) is 0.445. The van der Waals surface area contributed by atoms with Crippen LogP contribution >= 0.6 is 0 Å². The molecule has 160 valence electrons. The number of carbonyl (C=O) groups is 2. The molecule has 1 N–H and O–H groups in total. The molecule has 0 aliphatic heterocycles. The third-order valence-electron chi connectivity index (χ3n) is 5.40. The van der Waals surface area contributed by atoms with Gasteiger partial charge in [-0.2, -0.15) is 0 Å². The Bertz CT molecular complexity index is 908. The molecule has 0 saturated heterocycles. The monoisotopic (exact) mass is 411 g/mol. The fourth-order valence-electron chi connectivity index (χ4n) is 3.41. The van der Waals surface area contributed by atoms with Gasteiger partial charge in [-0.25, -0.2) is 0 Å². The van der Waals surface area contributed by atoms with Gasteiger partial charge in [-0.15, -0.1) is 0 Å². The van der Waals surface area contributed by atoms with Gasteiger partial charge < -0.3 is 5.11 Å². The predicted octanol–water partition coefficient (Wildman–Crippen LogP) is 5.68. The van der Waals surface area contributed by atoms with Gasteiger partial charge in [0.2, 0.25) is 0 Å². The van der Waals surface area contributed by atoms with Crippen LogP contribution < -0.4 is 0 Å². The summed E-state index contributed by atoms with van der Waals surface area (Å²) in [6.45, 7) is 9.60. The lowest BCUT2D eigenvalue weighted by Crippen LogP contribution is -2.27. The molecule has 0 bridgehead atoms. The molecule has 0 fully saturated rings. The van der Waals surface area contributed by atoms with E-state index < -0.39 is 28.1 Å². The maximum Gasteiger partial charge on any atom is 0.311 e. The lowest BCUT2D eigenvalue weighted by molar-refractivity contribution is -0.384. The van der Waals surface area contributed by atoms with Crippen molar-refractivity contribution < 1.29 is 19.6 Å². The normalized spacial score (nSPS) is 13.7. The largest absolute Gasteiger partial charge is 0.481 e. The molecule has 0 amide bonds. The second kappa shape index (κ2) is 9.20. The highest BCUT2D eigenvalue weighted by molar-refractivity contribution is 5.86. The first-order chi connectivity index (χ1) is 13.9. The zero-order valence-corrected chi connectivity index (χ0v) is 18.1. The van der Waals surface area contributed by atoms with Crippen molar-refractivity contribution >= 4 is 17.4 Å². The molecule has 0 saturated carbocycles. The third kappa shape index (κ3) is 5.53. The van der Waals surface area contributed by atoms with Crippen molar-refractivity contribution in [2.75, 3.05) is 0 Å². The lowest BCUT2D eigenvalue weighted by atomic mass is 9.75. The number of nitro benzene ring substituents is 1. The Morgan fingerprint density at radius 3 is 1.80 bits per heavy atom. The second-order valence-corrected chi connectivity index (χ2v) is 8.97. The van der Waals surface area contributed by atoms with Crippen molar-refractivity contribution in [1.29, 1.82) is 0 Å². The van der Waals surface area contributed by atoms with Gasteiger partial charge in [0, 0.05) is 29.9 Å². The van der Waals surface area contributed by atoms with Gasteiger partial charge in [0.25, 0.3) is 5.69 Å². The number of carboxylic acids is 1. The van der Waals surface area contributed by atoms with E-state index in [1.165, 1.54) is 24.3 Å². The van der Waals surface area contributed by atoms with Crippen molar-refractivity contribution in [3.8, 4) is 0 Å². The van der Waals surface area contributed by atoms with E-state index in [2.05, 4.69) is 13.8 Å². The molecule has 0 spiro atoms. The second-order valence-electron chi connectivity index (χ2n) is 8.97. The van der Waals surface area contributed by atoms with E-state index in [1.807, 2.05) is 45.0 Å². The molecular weight excluding hydrogens is 382 g/mol. The summed E-state index contributed by atoms with van der Waals surface area (Å²) in [6.07, 6.45) is 0.0679. The smallest absolute Gasteiger partial charge is 0.311 e. The van der Waals surface area contributed by atoms with Crippen LogP contribution in [-0.4, -0.2) is 21.8 Å². The van der Waals surface area contributed by atoms with Crippen LogP contribution in [0.1, 0.15) is 75.5 Å². The van der Waals surface area contributed by atoms with Gasteiger partial charge in [0.15, 0.2) is 0 Å². The van der Waals surface area contributed by atoms with Crippen LogP contribution in [0.5, 0.6) is 0 Å². The van der Waals surface area contributed by atoms with Gasteiger partial charge >= 0.3 is 5.97 Å². The average molecular weight is 411 g/mol. The van der Waals surface area contributed by atoms with E-state index in [4.69, 9.17) is 0 Å². The van der Waals surface area contributed by atoms with Gasteiger partial charge in [-0.1, -0.05) is 71.0 Å². The van der Waals surface area contributed by atoms with Gasteiger partial charge in [-0.05, 0) is 22.6 Å². The van der Waals surface area contributed by atoms with Crippen molar-refractivity contribution in [1.82, 2.24) is 0 Å². The average Bonchev–Trinajstić information content (AvgIpc) is 2.66. The van der Waals surface area contributed by atoms with Crippen LogP contribution in [0.2, 0.25) is 0 Å². The van der Waals surface area contributed by atoms with E-state index >= 15 is 0 Å². The summed E-state index contributed by atoms with van der Waals surface area (Å²) in [5, 5.41) is 21.0. The molecule has 30 heavy (non-hydrogen) atoms. The van der Waals surface area contributed by atoms with Gasteiger partial charge in [0.05, 0.1) is 10.8 Å². The summed E-state index contributed by atoms with van der Waals surface area (Å²) in [5.74, 6) is -2.35. The van der Waals surface area contributed by atoms with Crippen LogP contribution in [-0.2, 0) is 9.59 Å². The highest BCUT2D eigenvalue weighted by atomic mass is 16.6. The van der Waals surface area contributed by atoms with Crippen LogP contribution in [0.15, 0.2) is 48.5 Å². The number of rotatable bonds is 8. The topological polar surface area (TPSA) is 97.5 Å². The molecule has 2 atom stereocenters. The van der Waals surface area contributed by atoms with E-state index in [9.17, 15) is 24.8 Å². The molecule has 0 unspecified atom stereocenters. The zero-order chi connectivity index (χ0) is 22.6. The van der Waals surface area contributed by atoms with Crippen molar-refractivity contribution in [2.24, 2.45) is 5.41 Å². The fraction of sp³-hybridized carbons (Fsp3) is 0.417. The van der Waals surface area contributed by atoms with Gasteiger partial charge in [0.1, 0.15) is 5.78 Å². The number of aliphatic carboxylic acids is 1. The number of nitro groups is 1. The highest BCUT2D eigenvalue weighted by Crippen LogP contribution is 2.39. The van der Waals surface area contributed by atoms with Crippen molar-refractivity contribution in [3.05, 3.63) is 75.3 Å². The first-order valence-electron chi connectivity index (χ1n) is 10.0. The molecule has 0 aromatic heterocycles. The van der Waals surface area contributed by atoms with E-state index in [-0.39, 0.29) is 17.9 Å². The number of non-ortho nitro benzene ring substituents is 1. The van der Waals surface area contributed by atoms with Gasteiger partial charge in [-0.3, -0.25) is 19.7 Å². The van der Waals surface area contributed by atoms with Crippen LogP contribution in [0.3, 0.4) is 0 Å².